The lowest BCUT2D eigenvalue weighted by Crippen LogP contribution is -2.24. The molecule has 1 amide bonds. The van der Waals surface area contributed by atoms with Gasteiger partial charge in [0.1, 0.15) is 18.2 Å². The lowest BCUT2D eigenvalue weighted by atomic mass is 10.2. The molecule has 1 aromatic heterocycles. The summed E-state index contributed by atoms with van der Waals surface area (Å²) in [6, 6.07) is 1.42. The first-order chi connectivity index (χ1) is 9.23. The van der Waals surface area contributed by atoms with E-state index in [4.69, 9.17) is 5.11 Å². The average Bonchev–Trinajstić information content (AvgIpc) is 2.70. The maximum Gasteiger partial charge on any atom is 0.411 e. The maximum atomic E-state index is 11.8. The molecule has 0 radical (unpaired) electrons. The molecule has 0 atom stereocenters. The van der Waals surface area contributed by atoms with Gasteiger partial charge in [0.05, 0.1) is 5.56 Å². The quantitative estimate of drug-likeness (QED) is 0.846. The van der Waals surface area contributed by atoms with Crippen molar-refractivity contribution in [3.8, 4) is 0 Å². The van der Waals surface area contributed by atoms with E-state index in [1.165, 1.54) is 6.07 Å². The van der Waals surface area contributed by atoms with E-state index >= 15 is 0 Å². The molecule has 0 aromatic carbocycles. The van der Waals surface area contributed by atoms with Gasteiger partial charge in [0.25, 0.3) is 5.91 Å². The molecule has 9 heteroatoms. The van der Waals surface area contributed by atoms with E-state index in [0.717, 1.165) is 16.2 Å². The van der Waals surface area contributed by atoms with Gasteiger partial charge in [0.2, 0.25) is 0 Å². The molecule has 1 aromatic rings. The second-order valence-corrected chi connectivity index (χ2v) is 4.91. The Labute approximate surface area is 116 Å². The van der Waals surface area contributed by atoms with Gasteiger partial charge < -0.3 is 15.2 Å². The lowest BCUT2D eigenvalue weighted by molar-refractivity contribution is -0.174. The van der Waals surface area contributed by atoms with Crippen LogP contribution >= 0.6 is 11.3 Å². The molecule has 1 heterocycles. The number of aromatic carboxylic acids is 1. The van der Waals surface area contributed by atoms with Crippen LogP contribution in [-0.4, -0.2) is 36.4 Å². The standard InChI is InChI=1S/C11H12F3NO4S/c1-2-6-3-7(10(17)18)9(20-6)15-8(16)4-19-5-11(12,13)14/h3H,2,4-5H2,1H3,(H,15,16)(H,17,18). The number of halogens is 3. The van der Waals surface area contributed by atoms with Crippen molar-refractivity contribution in [2.45, 2.75) is 19.5 Å². The van der Waals surface area contributed by atoms with Crippen molar-refractivity contribution in [1.29, 1.82) is 0 Å². The SMILES string of the molecule is CCc1cc(C(=O)O)c(NC(=O)COCC(F)(F)F)s1. The minimum atomic E-state index is -4.51. The summed E-state index contributed by atoms with van der Waals surface area (Å²) < 4.78 is 39.6. The van der Waals surface area contributed by atoms with Gasteiger partial charge in [0, 0.05) is 4.88 Å². The van der Waals surface area contributed by atoms with Gasteiger partial charge in [0.15, 0.2) is 0 Å². The topological polar surface area (TPSA) is 75.6 Å². The van der Waals surface area contributed by atoms with Crippen LogP contribution in [0.3, 0.4) is 0 Å². The number of alkyl halides is 3. The van der Waals surface area contributed by atoms with E-state index in [1.54, 1.807) is 0 Å². The highest BCUT2D eigenvalue weighted by atomic mass is 32.1. The predicted octanol–water partition coefficient (Wildman–Crippen LogP) is 2.53. The van der Waals surface area contributed by atoms with Crippen molar-refractivity contribution >= 4 is 28.2 Å². The fourth-order valence-electron chi connectivity index (χ4n) is 1.29. The van der Waals surface area contributed by atoms with Crippen LogP contribution in [0.5, 0.6) is 0 Å². The average molecular weight is 311 g/mol. The number of hydrogen-bond donors (Lipinski definition) is 2. The molecule has 20 heavy (non-hydrogen) atoms. The predicted molar refractivity (Wildman–Crippen MR) is 66.2 cm³/mol. The van der Waals surface area contributed by atoms with Crippen molar-refractivity contribution in [2.24, 2.45) is 0 Å². The third-order valence-corrected chi connectivity index (χ3v) is 3.31. The van der Waals surface area contributed by atoms with Crippen LogP contribution in [0.4, 0.5) is 18.2 Å². The second-order valence-electron chi connectivity index (χ2n) is 3.77. The molecule has 0 bridgehead atoms. The molecule has 0 aliphatic carbocycles. The Morgan fingerprint density at radius 1 is 1.45 bits per heavy atom. The number of anilines is 1. The largest absolute Gasteiger partial charge is 0.478 e. The Morgan fingerprint density at radius 2 is 2.10 bits per heavy atom. The van der Waals surface area contributed by atoms with E-state index < -0.39 is 31.3 Å². The third-order valence-electron chi connectivity index (χ3n) is 2.11. The fraction of sp³-hybridized carbons (Fsp3) is 0.455. The number of carbonyl (C=O) groups is 2. The molecule has 0 aliphatic heterocycles. The zero-order chi connectivity index (χ0) is 15.3. The monoisotopic (exact) mass is 311 g/mol. The zero-order valence-electron chi connectivity index (χ0n) is 10.4. The molecule has 0 spiro atoms. The normalized spacial score (nSPS) is 11.4. The number of thiophene rings is 1. The number of ether oxygens (including phenoxy) is 1. The number of carboxylic acid groups (broad SMARTS) is 1. The Hall–Kier alpha value is -1.61. The number of carboxylic acids is 1. The summed E-state index contributed by atoms with van der Waals surface area (Å²) in [6.45, 7) is -0.510. The first-order valence-electron chi connectivity index (χ1n) is 5.53. The third kappa shape index (κ3) is 5.17. The zero-order valence-corrected chi connectivity index (χ0v) is 11.2. The lowest BCUT2D eigenvalue weighted by Gasteiger charge is -2.07. The van der Waals surface area contributed by atoms with Crippen molar-refractivity contribution in [1.82, 2.24) is 0 Å². The van der Waals surface area contributed by atoms with E-state index in [-0.39, 0.29) is 10.6 Å². The van der Waals surface area contributed by atoms with Gasteiger partial charge in [-0.15, -0.1) is 11.3 Å². The summed E-state index contributed by atoms with van der Waals surface area (Å²) in [5.41, 5.74) is -0.0870. The molecule has 0 saturated heterocycles. The van der Waals surface area contributed by atoms with Gasteiger partial charge in [-0.3, -0.25) is 4.79 Å². The van der Waals surface area contributed by atoms with Crippen LogP contribution in [0.1, 0.15) is 22.2 Å². The van der Waals surface area contributed by atoms with Crippen LogP contribution in [0.25, 0.3) is 0 Å². The van der Waals surface area contributed by atoms with E-state index in [9.17, 15) is 22.8 Å². The molecule has 112 valence electrons. The molecule has 5 nitrogen and oxygen atoms in total. The molecule has 1 rings (SSSR count). The Morgan fingerprint density at radius 3 is 2.60 bits per heavy atom. The summed E-state index contributed by atoms with van der Waals surface area (Å²) in [5, 5.41) is 11.3. The second kappa shape index (κ2) is 6.71. The Bertz CT molecular complexity index is 498. The maximum absolute atomic E-state index is 11.8. The van der Waals surface area contributed by atoms with Crippen LogP contribution in [0.15, 0.2) is 6.07 Å². The minimum Gasteiger partial charge on any atom is -0.478 e. The van der Waals surface area contributed by atoms with E-state index in [0.29, 0.717) is 6.42 Å². The van der Waals surface area contributed by atoms with Gasteiger partial charge in [-0.1, -0.05) is 6.92 Å². The Balaban J connectivity index is 2.61. The van der Waals surface area contributed by atoms with Gasteiger partial charge in [-0.2, -0.15) is 13.2 Å². The first-order valence-corrected chi connectivity index (χ1v) is 6.35. The van der Waals surface area contributed by atoms with Crippen molar-refractivity contribution < 1.29 is 32.6 Å². The van der Waals surface area contributed by atoms with E-state index in [1.807, 2.05) is 6.92 Å². The molecule has 2 N–H and O–H groups in total. The van der Waals surface area contributed by atoms with Crippen molar-refractivity contribution in [3.63, 3.8) is 0 Å². The molecule has 0 aliphatic rings. The molecule has 0 saturated carbocycles. The molecule has 0 fully saturated rings. The van der Waals surface area contributed by atoms with Crippen LogP contribution in [0.2, 0.25) is 0 Å². The van der Waals surface area contributed by atoms with E-state index in [2.05, 4.69) is 10.1 Å². The van der Waals surface area contributed by atoms with Gasteiger partial charge in [-0.05, 0) is 12.5 Å². The summed E-state index contributed by atoms with van der Waals surface area (Å²) in [7, 11) is 0. The number of carbonyl (C=O) groups excluding carboxylic acids is 1. The summed E-state index contributed by atoms with van der Waals surface area (Å²) in [6.07, 6.45) is -3.92. The van der Waals surface area contributed by atoms with Crippen molar-refractivity contribution in [2.75, 3.05) is 18.5 Å². The smallest absolute Gasteiger partial charge is 0.411 e. The first kappa shape index (κ1) is 16.4. The number of nitrogens with one attached hydrogen (secondary N) is 1. The minimum absolute atomic E-state index is 0.0870. The number of rotatable bonds is 6. The highest BCUT2D eigenvalue weighted by Crippen LogP contribution is 2.28. The molecular formula is C11H12F3NO4S. The number of amides is 1. The number of hydrogen-bond acceptors (Lipinski definition) is 4. The molecular weight excluding hydrogens is 299 g/mol. The highest BCUT2D eigenvalue weighted by Gasteiger charge is 2.28. The van der Waals surface area contributed by atoms with Gasteiger partial charge >= 0.3 is 12.1 Å². The van der Waals surface area contributed by atoms with Crippen LogP contribution in [-0.2, 0) is 16.0 Å². The number of aryl methyl sites for hydroxylation is 1. The van der Waals surface area contributed by atoms with Crippen LogP contribution in [0, 0.1) is 0 Å². The van der Waals surface area contributed by atoms with Crippen LogP contribution < -0.4 is 5.32 Å². The highest BCUT2D eigenvalue weighted by molar-refractivity contribution is 7.16. The molecule has 0 unspecified atom stereocenters. The Kier molecular flexibility index (Phi) is 5.52. The van der Waals surface area contributed by atoms with Gasteiger partial charge in [-0.25, -0.2) is 4.79 Å². The van der Waals surface area contributed by atoms with Crippen molar-refractivity contribution in [3.05, 3.63) is 16.5 Å². The summed E-state index contributed by atoms with van der Waals surface area (Å²) >= 11 is 1.06. The summed E-state index contributed by atoms with van der Waals surface area (Å²) in [4.78, 5) is 23.1. The summed E-state index contributed by atoms with van der Waals surface area (Å²) in [5.74, 6) is -2.05. The fourth-order valence-corrected chi connectivity index (χ4v) is 2.29.